The van der Waals surface area contributed by atoms with Gasteiger partial charge in [-0.25, -0.2) is 4.39 Å². The van der Waals surface area contributed by atoms with Crippen LogP contribution in [-0.4, -0.2) is 43.3 Å². The van der Waals surface area contributed by atoms with E-state index in [-0.39, 0.29) is 35.4 Å². The molecule has 1 aliphatic rings. The van der Waals surface area contributed by atoms with E-state index in [4.69, 9.17) is 14.1 Å². The van der Waals surface area contributed by atoms with Crippen LogP contribution in [0.15, 0.2) is 6.07 Å². The predicted octanol–water partition coefficient (Wildman–Crippen LogP) is 0.585. The minimum Gasteiger partial charge on any atom is -0.756 e. The zero-order valence-electron chi connectivity index (χ0n) is 10.9. The lowest BCUT2D eigenvalue weighted by Gasteiger charge is -2.28. The second kappa shape index (κ2) is 5.55. The molecular weight excluding hydrogens is 272 g/mol. The Morgan fingerprint density at radius 1 is 1.65 bits per heavy atom. The normalized spacial score (nSPS) is 13.2. The van der Waals surface area contributed by atoms with Crippen molar-refractivity contribution < 1.29 is 28.3 Å². The number of rotatable bonds is 3. The Bertz CT molecular complexity index is 538. The molecule has 108 valence electrons. The molecule has 7 nitrogen and oxygen atoms in total. The van der Waals surface area contributed by atoms with E-state index < -0.39 is 24.4 Å². The van der Waals surface area contributed by atoms with Crippen LogP contribution in [0.25, 0.3) is 0 Å². The third kappa shape index (κ3) is 2.49. The summed E-state index contributed by atoms with van der Waals surface area (Å²) in [6, 6.07) is 0.945. The maximum absolute atomic E-state index is 14.0. The summed E-state index contributed by atoms with van der Waals surface area (Å²) < 4.78 is 29.4. The first-order valence-electron chi connectivity index (χ1n) is 5.87. The van der Waals surface area contributed by atoms with Gasteiger partial charge in [0.1, 0.15) is 17.9 Å². The molecule has 0 saturated heterocycles. The molecule has 0 radical (unpaired) electrons. The van der Waals surface area contributed by atoms with Gasteiger partial charge in [0.15, 0.2) is 11.5 Å². The Morgan fingerprint density at radius 3 is 2.95 bits per heavy atom. The lowest BCUT2D eigenvalue weighted by atomic mass is 9.91. The van der Waals surface area contributed by atoms with Crippen molar-refractivity contribution in [3.63, 3.8) is 0 Å². The first kappa shape index (κ1) is 14.4. The summed E-state index contributed by atoms with van der Waals surface area (Å²) >= 11 is 0. The van der Waals surface area contributed by atoms with Crippen molar-refractivity contribution >= 4 is 13.0 Å². The smallest absolute Gasteiger partial charge is 0.563 e. The Morgan fingerprint density at radius 2 is 2.35 bits per heavy atom. The predicted molar refractivity (Wildman–Crippen MR) is 67.1 cm³/mol. The summed E-state index contributed by atoms with van der Waals surface area (Å²) in [5.74, 6) is -2.43. The van der Waals surface area contributed by atoms with Gasteiger partial charge in [0.05, 0.1) is 6.61 Å². The first-order valence-corrected chi connectivity index (χ1v) is 5.87. The summed E-state index contributed by atoms with van der Waals surface area (Å²) in [5.41, 5.74) is -0.597. The van der Waals surface area contributed by atoms with Crippen molar-refractivity contribution in [2.45, 2.75) is 6.92 Å². The van der Waals surface area contributed by atoms with Crippen LogP contribution in [-0.2, 0) is 0 Å². The monoisotopic (exact) mass is 284 g/mol. The summed E-state index contributed by atoms with van der Waals surface area (Å²) in [6.07, 6.45) is 0. The maximum Gasteiger partial charge on any atom is 0.563 e. The van der Waals surface area contributed by atoms with E-state index in [1.54, 1.807) is 6.92 Å². The minimum absolute atomic E-state index is 0.0104. The number of carbonyl (C=O) groups is 1. The van der Waals surface area contributed by atoms with Crippen molar-refractivity contribution in [3.05, 3.63) is 22.7 Å². The average molecular weight is 284 g/mol. The number of carbonyl (C=O) groups excluding carboxylic acids is 1. The number of hydroxylamine groups is 2. The molecule has 0 fully saturated rings. The molecule has 0 unspecified atom stereocenters. The molecule has 0 aromatic heterocycles. The Balaban J connectivity index is 2.60. The fourth-order valence-electron chi connectivity index (χ4n) is 1.78. The van der Waals surface area contributed by atoms with E-state index in [9.17, 15) is 19.4 Å². The highest BCUT2D eigenvalue weighted by Gasteiger charge is 2.34. The molecule has 0 bridgehead atoms. The molecule has 9 heteroatoms. The van der Waals surface area contributed by atoms with Crippen LogP contribution >= 0.6 is 0 Å². The fraction of sp³-hybridized carbons (Fsp3) is 0.364. The van der Waals surface area contributed by atoms with Crippen LogP contribution in [0.1, 0.15) is 17.3 Å². The molecule has 1 heterocycles. The van der Waals surface area contributed by atoms with Gasteiger partial charge >= 0.3 is 7.12 Å². The zero-order chi connectivity index (χ0) is 14.9. The highest BCUT2D eigenvalue weighted by Crippen LogP contribution is 2.44. The lowest BCUT2D eigenvalue weighted by Crippen LogP contribution is -2.36. The van der Waals surface area contributed by atoms with E-state index in [1.807, 2.05) is 0 Å². The van der Waals surface area contributed by atoms with Crippen molar-refractivity contribution in [1.82, 2.24) is 5.06 Å². The molecule has 1 aromatic carbocycles. The number of fused-ring (bicyclic) bond motifs is 1. The fourth-order valence-corrected chi connectivity index (χ4v) is 1.78. The lowest BCUT2D eigenvalue weighted by molar-refractivity contribution is 0.0841. The molecule has 2 rings (SSSR count). The van der Waals surface area contributed by atoms with Gasteiger partial charge in [0.25, 0.3) is 0 Å². The summed E-state index contributed by atoms with van der Waals surface area (Å²) in [7, 11) is -0.424. The third-order valence-electron chi connectivity index (χ3n) is 2.58. The highest BCUT2D eigenvalue weighted by atomic mass is 19.1. The van der Waals surface area contributed by atoms with E-state index in [0.717, 1.165) is 13.1 Å². The van der Waals surface area contributed by atoms with Crippen LogP contribution < -0.4 is 14.1 Å². The van der Waals surface area contributed by atoms with Crippen molar-refractivity contribution in [2.75, 3.05) is 20.2 Å². The molecule has 0 saturated carbocycles. The number of halogens is 1. The number of nitrogens with zero attached hydrogens (tertiary/aromatic N) is 1. The number of hydrogen-bond donors (Lipinski definition) is 1. The largest absolute Gasteiger partial charge is 0.756 e. The van der Waals surface area contributed by atoms with E-state index in [0.29, 0.717) is 0 Å². The first-order chi connectivity index (χ1) is 9.45. The quantitative estimate of drug-likeness (QED) is 0.645. The standard InChI is InChI=1S/C11H12BFNO6/c1-3-18-7-4-6(13)8(11(15)14(2)17)10-9(7)19-5-12(16)20-10/h4,16H,3,5H2,1-2H3/q-1. The topological polar surface area (TPSA) is 91.3 Å². The average Bonchev–Trinajstić information content (AvgIpc) is 2.38. The minimum atomic E-state index is -1.36. The Labute approximate surface area is 114 Å². The Kier molecular flexibility index (Phi) is 4.00. The molecule has 1 amide bonds. The van der Waals surface area contributed by atoms with E-state index >= 15 is 0 Å². The molecule has 1 aromatic rings. The summed E-state index contributed by atoms with van der Waals surface area (Å²) in [5, 5.41) is 20.4. The number of amides is 1. The van der Waals surface area contributed by atoms with Gasteiger partial charge in [-0.05, 0) is 14.0 Å². The van der Waals surface area contributed by atoms with Crippen LogP contribution in [0, 0.1) is 11.0 Å². The number of hydrogen-bond acceptors (Lipinski definition) is 6. The van der Waals surface area contributed by atoms with Crippen LogP contribution in [0.4, 0.5) is 4.39 Å². The van der Waals surface area contributed by atoms with Crippen molar-refractivity contribution in [3.8, 4) is 17.2 Å². The van der Waals surface area contributed by atoms with E-state index in [2.05, 4.69) is 0 Å². The third-order valence-corrected chi connectivity index (χ3v) is 2.58. The zero-order valence-corrected chi connectivity index (χ0v) is 10.9. The van der Waals surface area contributed by atoms with Crippen LogP contribution in [0.5, 0.6) is 17.2 Å². The summed E-state index contributed by atoms with van der Waals surface area (Å²) in [6.45, 7) is 1.74. The van der Waals surface area contributed by atoms with Gasteiger partial charge in [0, 0.05) is 6.07 Å². The maximum atomic E-state index is 14.0. The van der Waals surface area contributed by atoms with Crippen molar-refractivity contribution in [1.29, 1.82) is 0 Å². The molecule has 20 heavy (non-hydrogen) atoms. The van der Waals surface area contributed by atoms with Gasteiger partial charge < -0.3 is 29.4 Å². The van der Waals surface area contributed by atoms with Gasteiger partial charge in [-0.1, -0.05) is 0 Å². The number of benzene rings is 1. The second-order valence-electron chi connectivity index (χ2n) is 4.01. The molecule has 0 aliphatic carbocycles. The van der Waals surface area contributed by atoms with Gasteiger partial charge in [-0.15, -0.1) is 0 Å². The van der Waals surface area contributed by atoms with Gasteiger partial charge in [-0.3, -0.25) is 4.79 Å². The molecule has 0 atom stereocenters. The SMILES string of the molecule is CCOc1cc(F)c(C(=O)N(C)[O-])c2c1OCB(O)O2. The molecular formula is C11H12BFNO6-. The van der Waals surface area contributed by atoms with E-state index in [1.165, 1.54) is 0 Å². The van der Waals surface area contributed by atoms with Gasteiger partial charge in [0.2, 0.25) is 11.7 Å². The van der Waals surface area contributed by atoms with Crippen LogP contribution in [0.2, 0.25) is 0 Å². The highest BCUT2D eigenvalue weighted by molar-refractivity contribution is 6.44. The Hall–Kier alpha value is -2.00. The van der Waals surface area contributed by atoms with Crippen molar-refractivity contribution in [2.24, 2.45) is 0 Å². The van der Waals surface area contributed by atoms with Crippen LogP contribution in [0.3, 0.4) is 0 Å². The molecule has 1 N–H and O–H groups in total. The second-order valence-corrected chi connectivity index (χ2v) is 4.01. The molecule has 0 spiro atoms. The number of ether oxygens (including phenoxy) is 2. The molecule has 1 aliphatic heterocycles. The van der Waals surface area contributed by atoms with Gasteiger partial charge in [-0.2, -0.15) is 0 Å². The summed E-state index contributed by atoms with van der Waals surface area (Å²) in [4.78, 5) is 11.7.